The van der Waals surface area contributed by atoms with Gasteiger partial charge in [-0.15, -0.1) is 0 Å². The molecule has 0 aromatic rings. The number of nitriles is 1. The molecule has 0 bridgehead atoms. The molecular weight excluding hydrogens is 196 g/mol. The number of amides is 1. The van der Waals surface area contributed by atoms with Crippen molar-refractivity contribution in [3.05, 3.63) is 0 Å². The third-order valence-corrected chi connectivity index (χ3v) is 3.65. The number of hydrogen-bond donors (Lipinski definition) is 1. The lowest BCUT2D eigenvalue weighted by Crippen LogP contribution is -2.38. The molecule has 1 atom stereocenters. The van der Waals surface area contributed by atoms with Crippen LogP contribution in [-0.2, 0) is 4.79 Å². The summed E-state index contributed by atoms with van der Waals surface area (Å²) in [6.45, 7) is 4.01. The maximum Gasteiger partial charge on any atom is 0.239 e. The molecule has 1 aliphatic heterocycles. The quantitative estimate of drug-likeness (QED) is 0.769. The molecule has 1 unspecified atom stereocenters. The van der Waals surface area contributed by atoms with Gasteiger partial charge in [0.2, 0.25) is 5.91 Å². The molecule has 4 heteroatoms. The molecule has 0 radical (unpaired) electrons. The van der Waals surface area contributed by atoms with Gasteiger partial charge in [-0.1, -0.05) is 0 Å². The minimum Gasteiger partial charge on any atom is -0.354 e. The van der Waals surface area contributed by atoms with Crippen molar-refractivity contribution in [1.82, 2.24) is 5.32 Å². The molecule has 1 saturated heterocycles. The van der Waals surface area contributed by atoms with E-state index in [2.05, 4.69) is 5.32 Å². The van der Waals surface area contributed by atoms with Crippen molar-refractivity contribution < 1.29 is 4.79 Å². The van der Waals surface area contributed by atoms with E-state index in [0.29, 0.717) is 5.92 Å². The fourth-order valence-electron chi connectivity index (χ4n) is 1.25. The maximum atomic E-state index is 11.5. The summed E-state index contributed by atoms with van der Waals surface area (Å²) in [5.41, 5.74) is -0.897. The third-order valence-electron chi connectivity index (χ3n) is 2.42. The number of carbonyl (C=O) groups is 1. The molecule has 1 amide bonds. The van der Waals surface area contributed by atoms with Crippen LogP contribution < -0.4 is 5.32 Å². The Morgan fingerprint density at radius 3 is 2.93 bits per heavy atom. The van der Waals surface area contributed by atoms with Crippen LogP contribution in [0.2, 0.25) is 0 Å². The Morgan fingerprint density at radius 1 is 1.71 bits per heavy atom. The SMILES string of the molecule is CC(C)(C#N)C(=O)NCC1CCSC1. The highest BCUT2D eigenvalue weighted by Crippen LogP contribution is 2.23. The van der Waals surface area contributed by atoms with Gasteiger partial charge in [0.25, 0.3) is 0 Å². The number of nitrogens with zero attached hydrogens (tertiary/aromatic N) is 1. The van der Waals surface area contributed by atoms with Crippen LogP contribution in [-0.4, -0.2) is 24.0 Å². The van der Waals surface area contributed by atoms with Crippen molar-refractivity contribution in [3.63, 3.8) is 0 Å². The van der Waals surface area contributed by atoms with Gasteiger partial charge in [-0.05, 0) is 37.7 Å². The van der Waals surface area contributed by atoms with Crippen LogP contribution in [0.3, 0.4) is 0 Å². The summed E-state index contributed by atoms with van der Waals surface area (Å²) in [5.74, 6) is 2.77. The molecule has 1 fully saturated rings. The molecule has 0 spiro atoms. The Balaban J connectivity index is 2.31. The highest BCUT2D eigenvalue weighted by molar-refractivity contribution is 7.99. The standard InChI is InChI=1S/C10H16N2OS/c1-10(2,7-11)9(13)12-5-8-3-4-14-6-8/h8H,3-6H2,1-2H3,(H,12,13). The first-order valence-corrected chi connectivity index (χ1v) is 5.99. The van der Waals surface area contributed by atoms with E-state index >= 15 is 0 Å². The molecule has 0 aliphatic carbocycles. The smallest absolute Gasteiger partial charge is 0.239 e. The topological polar surface area (TPSA) is 52.9 Å². The van der Waals surface area contributed by atoms with Crippen molar-refractivity contribution in [2.45, 2.75) is 20.3 Å². The van der Waals surface area contributed by atoms with Gasteiger partial charge in [0.15, 0.2) is 0 Å². The van der Waals surface area contributed by atoms with Gasteiger partial charge in [-0.3, -0.25) is 4.79 Å². The van der Waals surface area contributed by atoms with Gasteiger partial charge in [0, 0.05) is 6.54 Å². The number of nitrogens with one attached hydrogen (secondary N) is 1. The summed E-state index contributed by atoms with van der Waals surface area (Å²) in [7, 11) is 0. The average molecular weight is 212 g/mol. The van der Waals surface area contributed by atoms with E-state index in [1.165, 1.54) is 12.2 Å². The number of thioether (sulfide) groups is 1. The summed E-state index contributed by atoms with van der Waals surface area (Å²) in [4.78, 5) is 11.5. The van der Waals surface area contributed by atoms with E-state index in [-0.39, 0.29) is 5.91 Å². The van der Waals surface area contributed by atoms with E-state index < -0.39 is 5.41 Å². The Kier molecular flexibility index (Phi) is 3.82. The Bertz CT molecular complexity index is 251. The lowest BCUT2D eigenvalue weighted by Gasteiger charge is -2.16. The Morgan fingerprint density at radius 2 is 2.43 bits per heavy atom. The minimum atomic E-state index is -0.897. The van der Waals surface area contributed by atoms with E-state index in [0.717, 1.165) is 12.3 Å². The molecule has 1 heterocycles. The van der Waals surface area contributed by atoms with Crippen molar-refractivity contribution in [3.8, 4) is 6.07 Å². The van der Waals surface area contributed by atoms with Crippen LogP contribution in [0.5, 0.6) is 0 Å². The van der Waals surface area contributed by atoms with Crippen molar-refractivity contribution >= 4 is 17.7 Å². The molecule has 0 aromatic heterocycles. The second-order valence-electron chi connectivity index (χ2n) is 4.18. The zero-order chi connectivity index (χ0) is 10.6. The van der Waals surface area contributed by atoms with Crippen LogP contribution in [0.4, 0.5) is 0 Å². The molecule has 1 rings (SSSR count). The van der Waals surface area contributed by atoms with Crippen LogP contribution >= 0.6 is 11.8 Å². The predicted molar refractivity (Wildman–Crippen MR) is 57.8 cm³/mol. The normalized spacial score (nSPS) is 21.6. The lowest BCUT2D eigenvalue weighted by molar-refractivity contribution is -0.126. The zero-order valence-corrected chi connectivity index (χ0v) is 9.49. The first-order valence-electron chi connectivity index (χ1n) is 4.83. The van der Waals surface area contributed by atoms with E-state index in [9.17, 15) is 4.79 Å². The summed E-state index contributed by atoms with van der Waals surface area (Å²) in [5, 5.41) is 11.6. The molecule has 78 valence electrons. The van der Waals surface area contributed by atoms with E-state index in [4.69, 9.17) is 5.26 Å². The van der Waals surface area contributed by atoms with Crippen LogP contribution in [0.1, 0.15) is 20.3 Å². The molecule has 0 aromatic carbocycles. The van der Waals surface area contributed by atoms with Gasteiger partial charge < -0.3 is 5.32 Å². The average Bonchev–Trinajstić information content (AvgIpc) is 2.66. The second-order valence-corrected chi connectivity index (χ2v) is 5.33. The molecular formula is C10H16N2OS. The van der Waals surface area contributed by atoms with E-state index in [1.54, 1.807) is 13.8 Å². The predicted octanol–water partition coefficient (Wildman–Crippen LogP) is 1.41. The third kappa shape index (κ3) is 2.91. The first kappa shape index (κ1) is 11.4. The Labute approximate surface area is 89.2 Å². The molecule has 1 N–H and O–H groups in total. The number of carbonyl (C=O) groups excluding carboxylic acids is 1. The Hall–Kier alpha value is -0.690. The lowest BCUT2D eigenvalue weighted by atomic mass is 9.94. The number of hydrogen-bond acceptors (Lipinski definition) is 3. The van der Waals surface area contributed by atoms with Gasteiger partial charge in [-0.2, -0.15) is 17.0 Å². The van der Waals surface area contributed by atoms with Gasteiger partial charge in [0.05, 0.1) is 6.07 Å². The van der Waals surface area contributed by atoms with Crippen LogP contribution in [0.15, 0.2) is 0 Å². The summed E-state index contributed by atoms with van der Waals surface area (Å²) in [6, 6.07) is 2.00. The molecule has 0 saturated carbocycles. The minimum absolute atomic E-state index is 0.156. The van der Waals surface area contributed by atoms with Crippen molar-refractivity contribution in [2.75, 3.05) is 18.1 Å². The second kappa shape index (κ2) is 4.70. The van der Waals surface area contributed by atoms with Gasteiger partial charge in [-0.25, -0.2) is 0 Å². The molecule has 3 nitrogen and oxygen atoms in total. The van der Waals surface area contributed by atoms with Gasteiger partial charge in [0.1, 0.15) is 5.41 Å². The van der Waals surface area contributed by atoms with Crippen LogP contribution in [0, 0.1) is 22.7 Å². The van der Waals surface area contributed by atoms with Crippen molar-refractivity contribution in [2.24, 2.45) is 11.3 Å². The molecule has 14 heavy (non-hydrogen) atoms. The summed E-state index contributed by atoms with van der Waals surface area (Å²) < 4.78 is 0. The van der Waals surface area contributed by atoms with Gasteiger partial charge >= 0.3 is 0 Å². The van der Waals surface area contributed by atoms with Crippen LogP contribution in [0.25, 0.3) is 0 Å². The molecule has 1 aliphatic rings. The fourth-order valence-corrected chi connectivity index (χ4v) is 2.54. The largest absolute Gasteiger partial charge is 0.354 e. The maximum absolute atomic E-state index is 11.5. The highest BCUT2D eigenvalue weighted by Gasteiger charge is 2.27. The monoisotopic (exact) mass is 212 g/mol. The highest BCUT2D eigenvalue weighted by atomic mass is 32.2. The summed E-state index contributed by atoms with van der Waals surface area (Å²) in [6.07, 6.45) is 1.18. The van der Waals surface area contributed by atoms with Crippen molar-refractivity contribution in [1.29, 1.82) is 5.26 Å². The fraction of sp³-hybridized carbons (Fsp3) is 0.800. The first-order chi connectivity index (χ1) is 6.56. The number of rotatable bonds is 3. The summed E-state index contributed by atoms with van der Waals surface area (Å²) >= 11 is 1.93. The van der Waals surface area contributed by atoms with E-state index in [1.807, 2.05) is 17.8 Å². The zero-order valence-electron chi connectivity index (χ0n) is 8.67.